The molecule has 1 atom stereocenters. The van der Waals surface area contributed by atoms with Crippen molar-refractivity contribution < 1.29 is 4.74 Å². The third-order valence-corrected chi connectivity index (χ3v) is 2.89. The molecule has 2 rings (SSSR count). The van der Waals surface area contributed by atoms with Crippen molar-refractivity contribution >= 4 is 0 Å². The monoisotopic (exact) mass is 155 g/mol. The van der Waals surface area contributed by atoms with Crippen LogP contribution in [-0.2, 0) is 4.74 Å². The van der Waals surface area contributed by atoms with E-state index < -0.39 is 0 Å². The van der Waals surface area contributed by atoms with Crippen LogP contribution in [0.3, 0.4) is 0 Å². The van der Waals surface area contributed by atoms with Gasteiger partial charge in [-0.05, 0) is 31.7 Å². The summed E-state index contributed by atoms with van der Waals surface area (Å²) in [5.41, 5.74) is 0. The minimum atomic E-state index is 0.582. The third-order valence-electron chi connectivity index (χ3n) is 2.89. The van der Waals surface area contributed by atoms with E-state index in [0.717, 1.165) is 25.6 Å². The fourth-order valence-electron chi connectivity index (χ4n) is 1.92. The lowest BCUT2D eigenvalue weighted by atomic mass is 9.80. The normalized spacial score (nSPS) is 34.4. The zero-order valence-electron chi connectivity index (χ0n) is 7.01. The maximum Gasteiger partial charge on any atom is 0.0616 e. The van der Waals surface area contributed by atoms with E-state index in [4.69, 9.17) is 4.74 Å². The Morgan fingerprint density at radius 2 is 2.00 bits per heavy atom. The summed E-state index contributed by atoms with van der Waals surface area (Å²) in [6.07, 6.45) is 6.05. The molecular formula is C9H17NO. The number of hydrogen-bond acceptors (Lipinski definition) is 2. The van der Waals surface area contributed by atoms with Crippen molar-refractivity contribution in [2.75, 3.05) is 19.7 Å². The number of rotatable bonds is 1. The van der Waals surface area contributed by atoms with Gasteiger partial charge in [0.05, 0.1) is 12.7 Å². The molecule has 1 N–H and O–H groups in total. The maximum absolute atomic E-state index is 5.74. The van der Waals surface area contributed by atoms with Crippen molar-refractivity contribution in [1.29, 1.82) is 0 Å². The van der Waals surface area contributed by atoms with Crippen LogP contribution in [0.5, 0.6) is 0 Å². The van der Waals surface area contributed by atoms with Gasteiger partial charge in [-0.15, -0.1) is 0 Å². The first-order chi connectivity index (χ1) is 5.47. The molecule has 2 heteroatoms. The Morgan fingerprint density at radius 3 is 2.73 bits per heavy atom. The molecule has 2 nitrogen and oxygen atoms in total. The van der Waals surface area contributed by atoms with Crippen molar-refractivity contribution in [2.24, 2.45) is 5.92 Å². The zero-order chi connectivity index (χ0) is 7.52. The van der Waals surface area contributed by atoms with Crippen LogP contribution in [0.2, 0.25) is 0 Å². The van der Waals surface area contributed by atoms with Crippen LogP contribution in [0, 0.1) is 5.92 Å². The molecule has 11 heavy (non-hydrogen) atoms. The van der Waals surface area contributed by atoms with E-state index in [1.54, 1.807) is 0 Å². The molecule has 0 aromatic rings. The summed E-state index contributed by atoms with van der Waals surface area (Å²) in [5, 5.41) is 3.36. The molecule has 64 valence electrons. The highest BCUT2D eigenvalue weighted by Gasteiger charge is 2.28. The Balaban J connectivity index is 1.80. The van der Waals surface area contributed by atoms with E-state index in [0.29, 0.717) is 6.10 Å². The lowest BCUT2D eigenvalue weighted by molar-refractivity contribution is -0.00547. The summed E-state index contributed by atoms with van der Waals surface area (Å²) in [6, 6.07) is 0. The predicted octanol–water partition coefficient (Wildman–Crippen LogP) is 1.17. The highest BCUT2D eigenvalue weighted by molar-refractivity contribution is 4.80. The van der Waals surface area contributed by atoms with Gasteiger partial charge in [-0.25, -0.2) is 0 Å². The largest absolute Gasteiger partial charge is 0.377 e. The van der Waals surface area contributed by atoms with Crippen LogP contribution >= 0.6 is 0 Å². The second kappa shape index (κ2) is 3.55. The molecule has 1 unspecified atom stereocenters. The van der Waals surface area contributed by atoms with Crippen LogP contribution in [-0.4, -0.2) is 25.8 Å². The smallest absolute Gasteiger partial charge is 0.0616 e. The van der Waals surface area contributed by atoms with Gasteiger partial charge in [0, 0.05) is 6.54 Å². The highest BCUT2D eigenvalue weighted by atomic mass is 16.5. The molecule has 1 aliphatic heterocycles. The molecule has 2 fully saturated rings. The Bertz CT molecular complexity index is 115. The van der Waals surface area contributed by atoms with Crippen LogP contribution in [0.25, 0.3) is 0 Å². The van der Waals surface area contributed by atoms with Gasteiger partial charge in [-0.3, -0.25) is 0 Å². The third kappa shape index (κ3) is 1.74. The van der Waals surface area contributed by atoms with Gasteiger partial charge in [0.25, 0.3) is 0 Å². The predicted molar refractivity (Wildman–Crippen MR) is 44.6 cm³/mol. The van der Waals surface area contributed by atoms with Crippen molar-refractivity contribution in [1.82, 2.24) is 5.32 Å². The number of nitrogens with one attached hydrogen (secondary N) is 1. The van der Waals surface area contributed by atoms with E-state index in [2.05, 4.69) is 5.32 Å². The lowest BCUT2D eigenvalue weighted by Gasteiger charge is -2.32. The molecule has 0 aromatic carbocycles. The summed E-state index contributed by atoms with van der Waals surface area (Å²) in [6.45, 7) is 3.12. The standard InChI is InChI=1S/C9H17NO/c1-2-8(3-1)9-4-5-10-6-7-11-9/h8-10H,1-7H2. The SMILES string of the molecule is C1CC(C2CCNCCO2)C1. The Kier molecular flexibility index (Phi) is 2.44. The second-order valence-electron chi connectivity index (χ2n) is 3.64. The van der Waals surface area contributed by atoms with Crippen LogP contribution < -0.4 is 5.32 Å². The van der Waals surface area contributed by atoms with E-state index in [1.165, 1.54) is 25.7 Å². The van der Waals surface area contributed by atoms with E-state index >= 15 is 0 Å². The van der Waals surface area contributed by atoms with Gasteiger partial charge in [0.15, 0.2) is 0 Å². The first-order valence-electron chi connectivity index (χ1n) is 4.79. The minimum absolute atomic E-state index is 0.582. The summed E-state index contributed by atoms with van der Waals surface area (Å²) < 4.78 is 5.74. The van der Waals surface area contributed by atoms with Gasteiger partial charge in [0.1, 0.15) is 0 Å². The molecular weight excluding hydrogens is 138 g/mol. The van der Waals surface area contributed by atoms with Gasteiger partial charge in [-0.2, -0.15) is 0 Å². The summed E-state index contributed by atoms with van der Waals surface area (Å²) in [5.74, 6) is 0.898. The Hall–Kier alpha value is -0.0800. The lowest BCUT2D eigenvalue weighted by Crippen LogP contribution is -2.29. The van der Waals surface area contributed by atoms with Crippen LogP contribution in [0.1, 0.15) is 25.7 Å². The van der Waals surface area contributed by atoms with E-state index in [1.807, 2.05) is 0 Å². The first kappa shape index (κ1) is 7.56. The minimum Gasteiger partial charge on any atom is -0.377 e. The molecule has 1 heterocycles. The molecule has 0 aromatic heterocycles. The van der Waals surface area contributed by atoms with Crippen molar-refractivity contribution in [3.63, 3.8) is 0 Å². The Morgan fingerprint density at radius 1 is 1.09 bits per heavy atom. The summed E-state index contributed by atoms with van der Waals surface area (Å²) in [4.78, 5) is 0. The summed E-state index contributed by atoms with van der Waals surface area (Å²) >= 11 is 0. The molecule has 0 bridgehead atoms. The topological polar surface area (TPSA) is 21.3 Å². The molecule has 0 amide bonds. The summed E-state index contributed by atoms with van der Waals surface area (Å²) in [7, 11) is 0. The first-order valence-corrected chi connectivity index (χ1v) is 4.79. The Labute approximate surface area is 68.3 Å². The fraction of sp³-hybridized carbons (Fsp3) is 1.00. The van der Waals surface area contributed by atoms with Gasteiger partial charge < -0.3 is 10.1 Å². The molecule has 1 saturated heterocycles. The fourth-order valence-corrected chi connectivity index (χ4v) is 1.92. The van der Waals surface area contributed by atoms with Gasteiger partial charge in [-0.1, -0.05) is 6.42 Å². The average molecular weight is 155 g/mol. The quantitative estimate of drug-likeness (QED) is 0.613. The molecule has 0 radical (unpaired) electrons. The van der Waals surface area contributed by atoms with Crippen molar-refractivity contribution in [3.8, 4) is 0 Å². The van der Waals surface area contributed by atoms with Crippen LogP contribution in [0.15, 0.2) is 0 Å². The number of hydrogen-bond donors (Lipinski definition) is 1. The zero-order valence-corrected chi connectivity index (χ0v) is 7.01. The molecule has 1 aliphatic carbocycles. The second-order valence-corrected chi connectivity index (χ2v) is 3.64. The number of ether oxygens (including phenoxy) is 1. The van der Waals surface area contributed by atoms with Crippen molar-refractivity contribution in [3.05, 3.63) is 0 Å². The molecule has 1 saturated carbocycles. The van der Waals surface area contributed by atoms with E-state index in [9.17, 15) is 0 Å². The van der Waals surface area contributed by atoms with Crippen LogP contribution in [0.4, 0.5) is 0 Å². The van der Waals surface area contributed by atoms with Gasteiger partial charge in [0.2, 0.25) is 0 Å². The highest BCUT2D eigenvalue weighted by Crippen LogP contribution is 2.32. The van der Waals surface area contributed by atoms with Crippen molar-refractivity contribution in [2.45, 2.75) is 31.8 Å². The maximum atomic E-state index is 5.74. The van der Waals surface area contributed by atoms with E-state index in [-0.39, 0.29) is 0 Å². The average Bonchev–Trinajstić information content (AvgIpc) is 2.12. The van der Waals surface area contributed by atoms with Gasteiger partial charge >= 0.3 is 0 Å². The molecule has 2 aliphatic rings. The molecule has 0 spiro atoms.